The lowest BCUT2D eigenvalue weighted by atomic mass is 9.76. The molecule has 3 nitrogen and oxygen atoms in total. The summed E-state index contributed by atoms with van der Waals surface area (Å²) < 4.78 is 25.2. The quantitative estimate of drug-likeness (QED) is 0.803. The number of likely N-dealkylation sites (tertiary alicyclic amines) is 1. The molecule has 1 aromatic heterocycles. The van der Waals surface area contributed by atoms with Crippen LogP contribution in [0.4, 0.5) is 8.78 Å². The van der Waals surface area contributed by atoms with E-state index in [1.807, 2.05) is 4.90 Å². The van der Waals surface area contributed by atoms with Crippen molar-refractivity contribution in [1.29, 1.82) is 0 Å². The van der Waals surface area contributed by atoms with E-state index in [1.165, 1.54) is 25.5 Å². The summed E-state index contributed by atoms with van der Waals surface area (Å²) in [5.74, 6) is -0.623. The van der Waals surface area contributed by atoms with Crippen LogP contribution >= 0.6 is 11.8 Å². The molecule has 2 aliphatic carbocycles. The fraction of sp³-hybridized carbons (Fsp3) is 0.600. The monoisotopic (exact) mass is 310 g/mol. The van der Waals surface area contributed by atoms with E-state index >= 15 is 0 Å². The van der Waals surface area contributed by atoms with Gasteiger partial charge in [-0.25, -0.2) is 4.98 Å². The zero-order valence-electron chi connectivity index (χ0n) is 11.4. The van der Waals surface area contributed by atoms with Gasteiger partial charge < -0.3 is 4.90 Å². The van der Waals surface area contributed by atoms with E-state index in [0.717, 1.165) is 12.5 Å². The van der Waals surface area contributed by atoms with Crippen molar-refractivity contribution >= 4 is 17.7 Å². The smallest absolute Gasteiger partial charge is 0.290 e. The summed E-state index contributed by atoms with van der Waals surface area (Å²) in [5, 5.41) is 0.143. The summed E-state index contributed by atoms with van der Waals surface area (Å²) in [6.07, 6.45) is 5.21. The molecule has 6 heteroatoms. The molecule has 4 rings (SSSR count). The van der Waals surface area contributed by atoms with Crippen molar-refractivity contribution in [3.05, 3.63) is 23.9 Å². The van der Waals surface area contributed by atoms with Gasteiger partial charge >= 0.3 is 0 Å². The van der Waals surface area contributed by atoms with Gasteiger partial charge in [-0.15, -0.1) is 0 Å². The first-order chi connectivity index (χ1) is 10.1. The Morgan fingerprint density at radius 2 is 2.19 bits per heavy atom. The highest BCUT2D eigenvalue weighted by molar-refractivity contribution is 7.99. The first-order valence-electron chi connectivity index (χ1n) is 7.36. The van der Waals surface area contributed by atoms with E-state index in [9.17, 15) is 13.6 Å². The van der Waals surface area contributed by atoms with Crippen molar-refractivity contribution in [2.45, 2.75) is 36.1 Å². The lowest BCUT2D eigenvalue weighted by Crippen LogP contribution is -2.61. The topological polar surface area (TPSA) is 33.2 Å². The van der Waals surface area contributed by atoms with E-state index in [4.69, 9.17) is 0 Å². The maximum Gasteiger partial charge on any atom is 0.290 e. The van der Waals surface area contributed by atoms with E-state index in [0.29, 0.717) is 35.2 Å². The predicted molar refractivity (Wildman–Crippen MR) is 75.2 cm³/mol. The van der Waals surface area contributed by atoms with Gasteiger partial charge in [0.2, 0.25) is 0 Å². The molecule has 0 radical (unpaired) electrons. The number of alkyl halides is 2. The zero-order chi connectivity index (χ0) is 14.6. The molecule has 4 atom stereocenters. The molecule has 0 aromatic carbocycles. The molecular formula is C15H16F2N2OS. The van der Waals surface area contributed by atoms with Gasteiger partial charge in [0.25, 0.3) is 11.7 Å². The van der Waals surface area contributed by atoms with Gasteiger partial charge in [0.05, 0.1) is 5.56 Å². The molecule has 3 fully saturated rings. The number of carbonyl (C=O) groups is 1. The third-order valence-corrected chi connectivity index (χ3v) is 6.00. The Labute approximate surface area is 126 Å². The lowest BCUT2D eigenvalue weighted by molar-refractivity contribution is -0.00938. The lowest BCUT2D eigenvalue weighted by Gasteiger charge is -2.50. The predicted octanol–water partition coefficient (Wildman–Crippen LogP) is 3.27. The minimum atomic E-state index is -2.56. The van der Waals surface area contributed by atoms with Crippen LogP contribution in [0.2, 0.25) is 0 Å². The van der Waals surface area contributed by atoms with E-state index in [-0.39, 0.29) is 10.9 Å². The van der Waals surface area contributed by atoms with Gasteiger partial charge in [0, 0.05) is 24.7 Å². The van der Waals surface area contributed by atoms with Crippen LogP contribution in [0.15, 0.2) is 23.4 Å². The number of pyridine rings is 1. The molecule has 0 spiro atoms. The van der Waals surface area contributed by atoms with Crippen LogP contribution < -0.4 is 0 Å². The average Bonchev–Trinajstić information content (AvgIpc) is 2.95. The third-order valence-electron chi connectivity index (χ3n) is 5.27. The van der Waals surface area contributed by atoms with E-state index < -0.39 is 5.76 Å². The largest absolute Gasteiger partial charge is 0.335 e. The molecule has 21 heavy (non-hydrogen) atoms. The average molecular weight is 310 g/mol. The normalized spacial score (nSPS) is 33.2. The van der Waals surface area contributed by atoms with Gasteiger partial charge in [-0.2, -0.15) is 8.78 Å². The maximum absolute atomic E-state index is 12.7. The summed E-state index contributed by atoms with van der Waals surface area (Å²) in [6.45, 7) is 0.790. The number of rotatable bonds is 3. The molecule has 1 saturated heterocycles. The van der Waals surface area contributed by atoms with Crippen molar-refractivity contribution in [3.63, 3.8) is 0 Å². The number of nitrogens with zero attached hydrogens (tertiary/aromatic N) is 2. The standard InChI is InChI=1S/C15H16F2N2OS/c16-15(17)21-13-10(2-1-5-18-13)14(20)19-7-11-8-3-4-9(6-8)12(11)19/h1-2,5,8-9,11-12,15H,3-4,6-7H2/t8-,9-,11-,12+/m0/s1. The minimum absolute atomic E-state index is 0.125. The van der Waals surface area contributed by atoms with Crippen molar-refractivity contribution in [2.75, 3.05) is 6.54 Å². The molecule has 0 unspecified atom stereocenters. The maximum atomic E-state index is 12.7. The first kappa shape index (κ1) is 13.5. The van der Waals surface area contributed by atoms with E-state index in [2.05, 4.69) is 4.98 Å². The molecule has 1 amide bonds. The van der Waals surface area contributed by atoms with Crippen LogP contribution in [0.25, 0.3) is 0 Å². The Kier molecular flexibility index (Phi) is 3.17. The Morgan fingerprint density at radius 1 is 1.38 bits per heavy atom. The van der Waals surface area contributed by atoms with Gasteiger partial charge in [-0.05, 0) is 55.0 Å². The molecule has 1 aromatic rings. The fourth-order valence-corrected chi connectivity index (χ4v) is 5.01. The van der Waals surface area contributed by atoms with Crippen LogP contribution in [0.3, 0.4) is 0 Å². The van der Waals surface area contributed by atoms with Crippen LogP contribution in [-0.2, 0) is 0 Å². The number of aromatic nitrogens is 1. The zero-order valence-corrected chi connectivity index (χ0v) is 12.2. The highest BCUT2D eigenvalue weighted by Gasteiger charge is 2.57. The second-order valence-electron chi connectivity index (χ2n) is 6.18. The molecule has 1 aliphatic heterocycles. The van der Waals surface area contributed by atoms with Crippen molar-refractivity contribution in [3.8, 4) is 0 Å². The molecular weight excluding hydrogens is 294 g/mol. The van der Waals surface area contributed by atoms with Crippen LogP contribution in [0.1, 0.15) is 29.6 Å². The summed E-state index contributed by atoms with van der Waals surface area (Å²) in [5.41, 5.74) is 0.323. The van der Waals surface area contributed by atoms with Crippen LogP contribution in [0, 0.1) is 17.8 Å². The summed E-state index contributed by atoms with van der Waals surface area (Å²) in [7, 11) is 0. The summed E-state index contributed by atoms with van der Waals surface area (Å²) in [4.78, 5) is 18.5. The van der Waals surface area contributed by atoms with Gasteiger partial charge in [-0.1, -0.05) is 0 Å². The number of thioether (sulfide) groups is 1. The molecule has 112 valence electrons. The highest BCUT2D eigenvalue weighted by Crippen LogP contribution is 2.55. The van der Waals surface area contributed by atoms with Gasteiger partial charge in [-0.3, -0.25) is 4.79 Å². The first-order valence-corrected chi connectivity index (χ1v) is 8.24. The number of amides is 1. The number of halogens is 2. The number of hydrogen-bond acceptors (Lipinski definition) is 3. The molecule has 2 saturated carbocycles. The SMILES string of the molecule is O=C(c1cccnc1SC(F)F)N1C[C@H]2[C@H]3CC[C@@H](C3)[C@H]21. The number of carbonyl (C=O) groups excluding carboxylic acids is 1. The van der Waals surface area contributed by atoms with Crippen molar-refractivity contribution in [2.24, 2.45) is 17.8 Å². The Hall–Kier alpha value is -1.17. The fourth-order valence-electron chi connectivity index (χ4n) is 4.44. The summed E-state index contributed by atoms with van der Waals surface area (Å²) >= 11 is 0.354. The number of hydrogen-bond donors (Lipinski definition) is 0. The van der Waals surface area contributed by atoms with E-state index in [1.54, 1.807) is 12.1 Å². The highest BCUT2D eigenvalue weighted by atomic mass is 32.2. The van der Waals surface area contributed by atoms with Crippen LogP contribution in [0.5, 0.6) is 0 Å². The second kappa shape index (κ2) is 4.93. The number of fused-ring (bicyclic) bond motifs is 5. The molecule has 2 bridgehead atoms. The van der Waals surface area contributed by atoms with Crippen molar-refractivity contribution < 1.29 is 13.6 Å². The Balaban J connectivity index is 1.56. The van der Waals surface area contributed by atoms with Crippen molar-refractivity contribution in [1.82, 2.24) is 9.88 Å². The Morgan fingerprint density at radius 3 is 2.95 bits per heavy atom. The Bertz CT molecular complexity index is 581. The van der Waals surface area contributed by atoms with Gasteiger partial charge in [0.1, 0.15) is 5.03 Å². The third kappa shape index (κ3) is 2.06. The molecule has 2 heterocycles. The minimum Gasteiger partial charge on any atom is -0.335 e. The summed E-state index contributed by atoms with van der Waals surface area (Å²) in [6, 6.07) is 3.60. The molecule has 3 aliphatic rings. The second-order valence-corrected chi connectivity index (χ2v) is 7.16. The van der Waals surface area contributed by atoms with Gasteiger partial charge in [0.15, 0.2) is 0 Å². The van der Waals surface area contributed by atoms with Crippen LogP contribution in [-0.4, -0.2) is 34.1 Å². The molecule has 0 N–H and O–H groups in total.